The van der Waals surface area contributed by atoms with Crippen LogP contribution in [0.4, 0.5) is 4.79 Å². The Morgan fingerprint density at radius 2 is 1.59 bits per heavy atom. The van der Waals surface area contributed by atoms with Gasteiger partial charge in [0.25, 0.3) is 0 Å². The van der Waals surface area contributed by atoms with E-state index in [2.05, 4.69) is 5.32 Å². The highest BCUT2D eigenvalue weighted by Gasteiger charge is 2.26. The summed E-state index contributed by atoms with van der Waals surface area (Å²) in [6.07, 6.45) is 0.0221. The summed E-state index contributed by atoms with van der Waals surface area (Å²) in [4.78, 5) is 34.1. The number of nitrogens with one attached hydrogen (secondary N) is 1. The molecule has 0 rings (SSSR count). The van der Waals surface area contributed by atoms with Crippen LogP contribution in [-0.4, -0.2) is 44.4 Å². The summed E-state index contributed by atoms with van der Waals surface area (Å²) in [6.45, 7) is 9.18. The fourth-order valence-electron chi connectivity index (χ4n) is 1.13. The minimum atomic E-state index is -0.647. The average molecular weight is 317 g/mol. The normalized spacial score (nSPS) is 11.0. The largest absolute Gasteiger partial charge is 0.464 e. The molecular weight excluding hydrogens is 290 g/mol. The van der Waals surface area contributed by atoms with E-state index in [4.69, 9.17) is 14.2 Å². The number of hydrogen-bond donors (Lipinski definition) is 1. The van der Waals surface area contributed by atoms with Gasteiger partial charge in [-0.25, -0.2) is 4.79 Å². The van der Waals surface area contributed by atoms with Gasteiger partial charge in [0.1, 0.15) is 19.8 Å². The molecule has 7 nitrogen and oxygen atoms in total. The zero-order valence-electron chi connectivity index (χ0n) is 14.1. The number of rotatable bonds is 9. The first-order valence-corrected chi connectivity index (χ1v) is 7.45. The lowest BCUT2D eigenvalue weighted by Crippen LogP contribution is -2.31. The van der Waals surface area contributed by atoms with Crippen molar-refractivity contribution in [3.8, 4) is 0 Å². The topological polar surface area (TPSA) is 90.9 Å². The van der Waals surface area contributed by atoms with E-state index in [0.29, 0.717) is 6.42 Å². The average Bonchev–Trinajstić information content (AvgIpc) is 2.47. The summed E-state index contributed by atoms with van der Waals surface area (Å²) in [5.74, 6) is -0.839. The van der Waals surface area contributed by atoms with Crippen molar-refractivity contribution in [2.24, 2.45) is 11.3 Å². The van der Waals surface area contributed by atoms with E-state index in [9.17, 15) is 14.4 Å². The molecular formula is C15H27NO6. The van der Waals surface area contributed by atoms with Crippen molar-refractivity contribution in [2.45, 2.75) is 41.0 Å². The Kier molecular flexibility index (Phi) is 9.21. The van der Waals surface area contributed by atoms with Crippen molar-refractivity contribution >= 4 is 18.0 Å². The molecule has 0 aliphatic carbocycles. The van der Waals surface area contributed by atoms with Crippen LogP contribution in [0.2, 0.25) is 0 Å². The molecule has 1 N–H and O–H groups in total. The molecule has 0 radical (unpaired) electrons. The van der Waals surface area contributed by atoms with Crippen molar-refractivity contribution in [3.63, 3.8) is 0 Å². The van der Waals surface area contributed by atoms with Crippen LogP contribution >= 0.6 is 0 Å². The van der Waals surface area contributed by atoms with Crippen molar-refractivity contribution in [2.75, 3.05) is 26.4 Å². The van der Waals surface area contributed by atoms with Gasteiger partial charge in [-0.1, -0.05) is 20.8 Å². The first-order valence-electron chi connectivity index (χ1n) is 7.45. The van der Waals surface area contributed by atoms with Crippen LogP contribution in [0.1, 0.15) is 41.0 Å². The summed E-state index contributed by atoms with van der Waals surface area (Å²) in [5.41, 5.74) is -0.539. The van der Waals surface area contributed by atoms with Gasteiger partial charge < -0.3 is 19.5 Å². The molecule has 0 saturated heterocycles. The van der Waals surface area contributed by atoms with Crippen LogP contribution in [0.3, 0.4) is 0 Å². The second-order valence-electron chi connectivity index (χ2n) is 5.76. The summed E-state index contributed by atoms with van der Waals surface area (Å²) >= 11 is 0. The number of amides is 1. The number of hydrogen-bond acceptors (Lipinski definition) is 6. The molecule has 0 aromatic heterocycles. The minimum absolute atomic E-state index is 0.0119. The molecule has 0 aliphatic heterocycles. The lowest BCUT2D eigenvalue weighted by molar-refractivity contribution is -0.155. The van der Waals surface area contributed by atoms with E-state index in [1.165, 1.54) is 0 Å². The Hall–Kier alpha value is -1.79. The van der Waals surface area contributed by atoms with Crippen LogP contribution in [0.15, 0.2) is 0 Å². The predicted molar refractivity (Wildman–Crippen MR) is 80.2 cm³/mol. The second kappa shape index (κ2) is 10.0. The Labute approximate surface area is 131 Å². The number of carbonyl (C=O) groups excluding carboxylic acids is 3. The lowest BCUT2D eigenvalue weighted by Gasteiger charge is -2.20. The molecule has 0 fully saturated rings. The molecule has 0 spiro atoms. The Morgan fingerprint density at radius 1 is 1.00 bits per heavy atom. The van der Waals surface area contributed by atoms with Gasteiger partial charge in [-0.05, 0) is 20.3 Å². The van der Waals surface area contributed by atoms with E-state index in [1.54, 1.807) is 27.7 Å². The van der Waals surface area contributed by atoms with Crippen LogP contribution in [0.5, 0.6) is 0 Å². The molecule has 22 heavy (non-hydrogen) atoms. The maximum atomic E-state index is 11.6. The molecule has 0 aromatic rings. The fourth-order valence-corrected chi connectivity index (χ4v) is 1.13. The summed E-state index contributed by atoms with van der Waals surface area (Å²) in [7, 11) is 0. The number of esters is 2. The molecule has 0 aromatic carbocycles. The van der Waals surface area contributed by atoms with Gasteiger partial charge >= 0.3 is 18.0 Å². The maximum absolute atomic E-state index is 11.6. The van der Waals surface area contributed by atoms with E-state index in [1.807, 2.05) is 6.92 Å². The predicted octanol–water partition coefficient (Wildman–Crippen LogP) is 1.89. The minimum Gasteiger partial charge on any atom is -0.464 e. The van der Waals surface area contributed by atoms with Crippen LogP contribution in [0, 0.1) is 11.3 Å². The molecule has 0 atom stereocenters. The molecule has 0 saturated carbocycles. The van der Waals surface area contributed by atoms with E-state index in [-0.39, 0.29) is 44.2 Å². The summed E-state index contributed by atoms with van der Waals surface area (Å²) in [6, 6.07) is 0. The van der Waals surface area contributed by atoms with Gasteiger partial charge in [0.2, 0.25) is 0 Å². The maximum Gasteiger partial charge on any atom is 0.407 e. The van der Waals surface area contributed by atoms with Gasteiger partial charge in [0, 0.05) is 0 Å². The lowest BCUT2D eigenvalue weighted by atomic mass is 9.91. The van der Waals surface area contributed by atoms with E-state index < -0.39 is 11.5 Å². The molecule has 128 valence electrons. The first-order chi connectivity index (χ1) is 10.2. The van der Waals surface area contributed by atoms with Gasteiger partial charge in [0.15, 0.2) is 0 Å². The Bertz CT molecular complexity index is 378. The molecule has 0 heterocycles. The van der Waals surface area contributed by atoms with Gasteiger partial charge in [-0.3, -0.25) is 9.59 Å². The first kappa shape index (κ1) is 20.2. The molecule has 7 heteroatoms. The van der Waals surface area contributed by atoms with Crippen LogP contribution in [-0.2, 0) is 23.8 Å². The number of ether oxygens (including phenoxy) is 3. The number of carbonyl (C=O) groups is 3. The second-order valence-corrected chi connectivity index (χ2v) is 5.76. The highest BCUT2D eigenvalue weighted by Crippen LogP contribution is 2.21. The van der Waals surface area contributed by atoms with Crippen molar-refractivity contribution in [1.29, 1.82) is 0 Å². The summed E-state index contributed by atoms with van der Waals surface area (Å²) < 4.78 is 14.7. The van der Waals surface area contributed by atoms with E-state index >= 15 is 0 Å². The molecule has 0 bridgehead atoms. The molecule has 1 amide bonds. The SMILES string of the molecule is CCC(C)(C)C(=O)OCCOC(=O)NCCOC(=O)C(C)C. The Morgan fingerprint density at radius 3 is 2.14 bits per heavy atom. The zero-order chi connectivity index (χ0) is 17.2. The third-order valence-corrected chi connectivity index (χ3v) is 3.07. The monoisotopic (exact) mass is 317 g/mol. The zero-order valence-corrected chi connectivity index (χ0v) is 14.1. The Balaban J connectivity index is 3.67. The fraction of sp³-hybridized carbons (Fsp3) is 0.800. The smallest absolute Gasteiger partial charge is 0.407 e. The van der Waals surface area contributed by atoms with Gasteiger partial charge in [-0.2, -0.15) is 0 Å². The van der Waals surface area contributed by atoms with Gasteiger partial charge in [-0.15, -0.1) is 0 Å². The number of alkyl carbamates (subject to hydrolysis) is 1. The van der Waals surface area contributed by atoms with Crippen LogP contribution < -0.4 is 5.32 Å². The molecule has 0 unspecified atom stereocenters. The van der Waals surface area contributed by atoms with Crippen molar-refractivity contribution in [3.05, 3.63) is 0 Å². The summed E-state index contributed by atoms with van der Waals surface area (Å²) in [5, 5.41) is 2.43. The highest BCUT2D eigenvalue weighted by atomic mass is 16.6. The molecule has 0 aliphatic rings. The van der Waals surface area contributed by atoms with Crippen LogP contribution in [0.25, 0.3) is 0 Å². The third-order valence-electron chi connectivity index (χ3n) is 3.07. The standard InChI is InChI=1S/C15H27NO6/c1-6-15(4,5)13(18)21-9-10-22-14(19)16-7-8-20-12(17)11(2)3/h11H,6-10H2,1-5H3,(H,16,19). The van der Waals surface area contributed by atoms with E-state index in [0.717, 1.165) is 0 Å². The quantitative estimate of drug-likeness (QED) is 0.397. The third kappa shape index (κ3) is 8.49. The van der Waals surface area contributed by atoms with Crippen molar-refractivity contribution < 1.29 is 28.6 Å². The van der Waals surface area contributed by atoms with Crippen molar-refractivity contribution in [1.82, 2.24) is 5.32 Å². The van der Waals surface area contributed by atoms with Gasteiger partial charge in [0.05, 0.1) is 17.9 Å². The highest BCUT2D eigenvalue weighted by molar-refractivity contribution is 5.75.